The second kappa shape index (κ2) is 10.1. The van der Waals surface area contributed by atoms with E-state index in [4.69, 9.17) is 25.8 Å². The quantitative estimate of drug-likeness (QED) is 0.270. The number of aliphatic hydroxyl groups excluding tert-OH is 1. The first kappa shape index (κ1) is 24.2. The van der Waals surface area contributed by atoms with Gasteiger partial charge in [0.1, 0.15) is 11.5 Å². The number of ketones is 1. The van der Waals surface area contributed by atoms with Crippen molar-refractivity contribution in [1.82, 2.24) is 0 Å². The van der Waals surface area contributed by atoms with Crippen molar-refractivity contribution in [3.63, 3.8) is 0 Å². The van der Waals surface area contributed by atoms with E-state index in [0.29, 0.717) is 45.7 Å². The molecule has 1 N–H and O–H groups in total. The van der Waals surface area contributed by atoms with Crippen molar-refractivity contribution in [2.75, 3.05) is 25.7 Å². The predicted molar refractivity (Wildman–Crippen MR) is 133 cm³/mol. The normalized spacial score (nSPS) is 16.9. The minimum Gasteiger partial charge on any atom is -0.507 e. The second-order valence-corrected chi connectivity index (χ2v) is 8.16. The summed E-state index contributed by atoms with van der Waals surface area (Å²) in [4.78, 5) is 27.9. The van der Waals surface area contributed by atoms with Crippen LogP contribution in [0.25, 0.3) is 5.76 Å². The molecule has 1 heterocycles. The molecule has 1 aliphatic rings. The Bertz CT molecular complexity index is 1300. The number of anilines is 1. The first-order valence-corrected chi connectivity index (χ1v) is 11.3. The highest BCUT2D eigenvalue weighted by Gasteiger charge is 2.47. The minimum atomic E-state index is -0.891. The molecular weight excluding hydrogens is 470 g/mol. The number of carbonyl (C=O) groups excluding carboxylic acids is 2. The highest BCUT2D eigenvalue weighted by atomic mass is 35.5. The molecule has 1 unspecified atom stereocenters. The number of nitrogens with zero attached hydrogens (tertiary/aromatic N) is 1. The average molecular weight is 494 g/mol. The fourth-order valence-corrected chi connectivity index (χ4v) is 4.28. The Morgan fingerprint density at radius 1 is 0.971 bits per heavy atom. The van der Waals surface area contributed by atoms with Gasteiger partial charge in [-0.25, -0.2) is 0 Å². The zero-order valence-electron chi connectivity index (χ0n) is 19.4. The number of hydrogen-bond donors (Lipinski definition) is 1. The average Bonchev–Trinajstić information content (AvgIpc) is 3.14. The number of benzene rings is 3. The number of hydrogen-bond acceptors (Lipinski definition) is 6. The molecule has 0 radical (unpaired) electrons. The zero-order valence-corrected chi connectivity index (χ0v) is 20.2. The molecule has 3 aromatic carbocycles. The van der Waals surface area contributed by atoms with Gasteiger partial charge >= 0.3 is 0 Å². The van der Waals surface area contributed by atoms with E-state index < -0.39 is 17.7 Å². The minimum absolute atomic E-state index is 0.0497. The molecule has 4 rings (SSSR count). The molecule has 1 amide bonds. The third-order valence-corrected chi connectivity index (χ3v) is 5.93. The van der Waals surface area contributed by atoms with Crippen LogP contribution < -0.4 is 19.1 Å². The van der Waals surface area contributed by atoms with Crippen LogP contribution in [0.1, 0.15) is 24.1 Å². The molecular formula is C27H24ClNO6. The van der Waals surface area contributed by atoms with Gasteiger partial charge in [0.15, 0.2) is 11.5 Å². The van der Waals surface area contributed by atoms with Crippen molar-refractivity contribution in [3.05, 3.63) is 88.5 Å². The van der Waals surface area contributed by atoms with Crippen LogP contribution in [0.2, 0.25) is 5.02 Å². The van der Waals surface area contributed by atoms with Gasteiger partial charge in [0.2, 0.25) is 0 Å². The Balaban J connectivity index is 1.91. The smallest absolute Gasteiger partial charge is 0.300 e. The summed E-state index contributed by atoms with van der Waals surface area (Å²) < 4.78 is 16.1. The van der Waals surface area contributed by atoms with Crippen molar-refractivity contribution >= 4 is 34.7 Å². The number of methoxy groups -OCH3 is 2. The third-order valence-electron chi connectivity index (χ3n) is 5.69. The standard InChI is InChI=1S/C27H24ClNO6/c1-4-35-20-11-8-16(9-12-20)24-23(25(30)17-10-13-21(33-2)22(14-17)34-3)26(31)27(32)29(24)19-7-5-6-18(28)15-19/h5-15,24,30H,4H2,1-3H3/b25-23+. The Morgan fingerprint density at radius 2 is 1.69 bits per heavy atom. The van der Waals surface area contributed by atoms with Gasteiger partial charge in [-0.15, -0.1) is 0 Å². The summed E-state index contributed by atoms with van der Waals surface area (Å²) in [5.41, 5.74) is 1.31. The van der Waals surface area contributed by atoms with E-state index in [1.165, 1.54) is 19.1 Å². The van der Waals surface area contributed by atoms with Gasteiger partial charge in [0, 0.05) is 16.3 Å². The lowest BCUT2D eigenvalue weighted by Crippen LogP contribution is -2.29. The molecule has 7 nitrogen and oxygen atoms in total. The summed E-state index contributed by atoms with van der Waals surface area (Å²) in [5, 5.41) is 11.7. The number of ether oxygens (including phenoxy) is 3. The summed E-state index contributed by atoms with van der Waals surface area (Å²) in [6, 6.07) is 17.6. The van der Waals surface area contributed by atoms with Crippen molar-refractivity contribution in [2.24, 2.45) is 0 Å². The fraction of sp³-hybridized carbons (Fsp3) is 0.185. The van der Waals surface area contributed by atoms with Crippen LogP contribution in [0.4, 0.5) is 5.69 Å². The maximum Gasteiger partial charge on any atom is 0.300 e. The van der Waals surface area contributed by atoms with Crippen molar-refractivity contribution in [2.45, 2.75) is 13.0 Å². The first-order valence-electron chi connectivity index (χ1n) is 10.9. The topological polar surface area (TPSA) is 85.3 Å². The molecule has 8 heteroatoms. The van der Waals surface area contributed by atoms with Gasteiger partial charge in [-0.2, -0.15) is 0 Å². The van der Waals surface area contributed by atoms with Gasteiger partial charge < -0.3 is 19.3 Å². The maximum atomic E-state index is 13.3. The molecule has 180 valence electrons. The number of aliphatic hydroxyl groups is 1. The number of amides is 1. The number of carbonyl (C=O) groups is 2. The van der Waals surface area contributed by atoms with Gasteiger partial charge in [-0.1, -0.05) is 29.8 Å². The molecule has 0 saturated carbocycles. The van der Waals surface area contributed by atoms with Crippen molar-refractivity contribution < 1.29 is 28.9 Å². The first-order chi connectivity index (χ1) is 16.9. The molecule has 1 aliphatic heterocycles. The summed E-state index contributed by atoms with van der Waals surface area (Å²) in [6.07, 6.45) is 0. The Kier molecular flexibility index (Phi) is 6.98. The molecule has 35 heavy (non-hydrogen) atoms. The number of Topliss-reactive ketones (excluding diaryl/α,β-unsaturated/α-hetero) is 1. The molecule has 1 saturated heterocycles. The van der Waals surface area contributed by atoms with Crippen molar-refractivity contribution in [3.8, 4) is 17.2 Å². The van der Waals surface area contributed by atoms with E-state index in [2.05, 4.69) is 0 Å². The molecule has 1 atom stereocenters. The summed E-state index contributed by atoms with van der Waals surface area (Å²) in [5.74, 6) is -0.419. The van der Waals surface area contributed by atoms with Crippen LogP contribution in [-0.2, 0) is 9.59 Å². The van der Waals surface area contributed by atoms with E-state index in [0.717, 1.165) is 0 Å². The van der Waals surface area contributed by atoms with Crippen LogP contribution in [0.15, 0.2) is 72.3 Å². The van der Waals surface area contributed by atoms with Crippen LogP contribution in [0.5, 0.6) is 17.2 Å². The molecule has 0 bridgehead atoms. The predicted octanol–water partition coefficient (Wildman–Crippen LogP) is 5.38. The van der Waals surface area contributed by atoms with Crippen LogP contribution in [0, 0.1) is 0 Å². The second-order valence-electron chi connectivity index (χ2n) is 7.72. The summed E-state index contributed by atoms with van der Waals surface area (Å²) in [6.45, 7) is 2.38. The zero-order chi connectivity index (χ0) is 25.1. The lowest BCUT2D eigenvalue weighted by Gasteiger charge is -2.25. The van der Waals surface area contributed by atoms with E-state index in [1.807, 2.05) is 6.92 Å². The van der Waals surface area contributed by atoms with E-state index >= 15 is 0 Å². The van der Waals surface area contributed by atoms with Gasteiger partial charge in [0.25, 0.3) is 11.7 Å². The fourth-order valence-electron chi connectivity index (χ4n) is 4.09. The Hall–Kier alpha value is -3.97. The van der Waals surface area contributed by atoms with Crippen LogP contribution >= 0.6 is 11.6 Å². The van der Waals surface area contributed by atoms with Gasteiger partial charge in [0.05, 0.1) is 32.4 Å². The van der Waals surface area contributed by atoms with Gasteiger partial charge in [-0.05, 0) is 61.0 Å². The van der Waals surface area contributed by atoms with Crippen LogP contribution in [0.3, 0.4) is 0 Å². The Labute approximate surface area is 208 Å². The largest absolute Gasteiger partial charge is 0.507 e. The Morgan fingerprint density at radius 3 is 2.31 bits per heavy atom. The third kappa shape index (κ3) is 4.55. The van der Waals surface area contributed by atoms with E-state index in [-0.39, 0.29) is 11.3 Å². The molecule has 0 spiro atoms. The van der Waals surface area contributed by atoms with Crippen molar-refractivity contribution in [1.29, 1.82) is 0 Å². The molecule has 3 aromatic rings. The highest BCUT2D eigenvalue weighted by Crippen LogP contribution is 2.43. The molecule has 0 aromatic heterocycles. The van der Waals surface area contributed by atoms with Gasteiger partial charge in [-0.3, -0.25) is 14.5 Å². The SMILES string of the molecule is CCOc1ccc(C2/C(=C(\O)c3ccc(OC)c(OC)c3)C(=O)C(=O)N2c2cccc(Cl)c2)cc1. The molecule has 1 fully saturated rings. The number of rotatable bonds is 7. The number of halogens is 1. The van der Waals surface area contributed by atoms with E-state index in [9.17, 15) is 14.7 Å². The summed E-state index contributed by atoms with van der Waals surface area (Å²) in [7, 11) is 2.97. The lowest BCUT2D eigenvalue weighted by atomic mass is 9.95. The molecule has 0 aliphatic carbocycles. The van der Waals surface area contributed by atoms with Crippen LogP contribution in [-0.4, -0.2) is 37.6 Å². The maximum absolute atomic E-state index is 13.3. The van der Waals surface area contributed by atoms with E-state index in [1.54, 1.807) is 66.7 Å². The lowest BCUT2D eigenvalue weighted by molar-refractivity contribution is -0.132. The monoisotopic (exact) mass is 493 g/mol. The summed E-state index contributed by atoms with van der Waals surface area (Å²) >= 11 is 6.19. The highest BCUT2D eigenvalue weighted by molar-refractivity contribution is 6.51.